The van der Waals surface area contributed by atoms with Gasteiger partial charge < -0.3 is 16.0 Å². The Bertz CT molecular complexity index is 495. The highest BCUT2D eigenvalue weighted by Gasteiger charge is 2.17. The van der Waals surface area contributed by atoms with Crippen molar-refractivity contribution in [3.8, 4) is 0 Å². The van der Waals surface area contributed by atoms with Crippen molar-refractivity contribution in [1.82, 2.24) is 15.2 Å². The van der Waals surface area contributed by atoms with Crippen molar-refractivity contribution in [3.05, 3.63) is 16.1 Å². The van der Waals surface area contributed by atoms with Gasteiger partial charge in [-0.25, -0.2) is 4.98 Å². The van der Waals surface area contributed by atoms with E-state index in [1.54, 1.807) is 5.38 Å². The fourth-order valence-electron chi connectivity index (χ4n) is 2.28. The van der Waals surface area contributed by atoms with Crippen molar-refractivity contribution in [3.63, 3.8) is 0 Å². The van der Waals surface area contributed by atoms with Gasteiger partial charge in [0.2, 0.25) is 5.91 Å². The lowest BCUT2D eigenvalue weighted by atomic mass is 10.1. The number of hydrogen-bond acceptors (Lipinski definition) is 5. The number of likely N-dealkylation sites (tertiary alicyclic amines) is 1. The standard InChI is InChI=1S/C14H22N4O2S/c1-10(15)14-17-11(9-21-14)13(20)16-6-5-12(19)18-7-3-2-4-8-18/h9-10H,2-8,15H2,1H3,(H,16,20). The van der Waals surface area contributed by atoms with E-state index >= 15 is 0 Å². The maximum absolute atomic E-state index is 12.0. The maximum atomic E-state index is 12.0. The number of nitrogens with two attached hydrogens (primary N) is 1. The van der Waals surface area contributed by atoms with Gasteiger partial charge in [0.1, 0.15) is 10.7 Å². The fourth-order valence-corrected chi connectivity index (χ4v) is 3.03. The molecular weight excluding hydrogens is 288 g/mol. The van der Waals surface area contributed by atoms with Crippen LogP contribution >= 0.6 is 11.3 Å². The van der Waals surface area contributed by atoms with Crippen LogP contribution in [0.4, 0.5) is 0 Å². The van der Waals surface area contributed by atoms with Crippen molar-refractivity contribution >= 4 is 23.2 Å². The predicted molar refractivity (Wildman–Crippen MR) is 82.1 cm³/mol. The Morgan fingerprint density at radius 1 is 1.43 bits per heavy atom. The molecule has 3 N–H and O–H groups in total. The third-order valence-corrected chi connectivity index (χ3v) is 4.52. The summed E-state index contributed by atoms with van der Waals surface area (Å²) in [5.41, 5.74) is 6.09. The van der Waals surface area contributed by atoms with Gasteiger partial charge in [-0.1, -0.05) is 0 Å². The molecule has 0 spiro atoms. The van der Waals surface area contributed by atoms with Gasteiger partial charge in [-0.15, -0.1) is 11.3 Å². The highest BCUT2D eigenvalue weighted by Crippen LogP contribution is 2.15. The Labute approximate surface area is 128 Å². The molecule has 1 aromatic heterocycles. The van der Waals surface area contributed by atoms with Crippen LogP contribution in [-0.4, -0.2) is 41.3 Å². The van der Waals surface area contributed by atoms with Crippen LogP contribution in [0.3, 0.4) is 0 Å². The van der Waals surface area contributed by atoms with Crippen molar-refractivity contribution in [1.29, 1.82) is 0 Å². The summed E-state index contributed by atoms with van der Waals surface area (Å²) in [5, 5.41) is 5.17. The van der Waals surface area contributed by atoms with E-state index in [1.807, 2.05) is 11.8 Å². The molecule has 2 amide bonds. The molecule has 1 unspecified atom stereocenters. The lowest BCUT2D eigenvalue weighted by Gasteiger charge is -2.26. The van der Waals surface area contributed by atoms with Gasteiger partial charge in [0.15, 0.2) is 0 Å². The minimum Gasteiger partial charge on any atom is -0.350 e. The lowest BCUT2D eigenvalue weighted by Crippen LogP contribution is -2.37. The Morgan fingerprint density at radius 3 is 2.76 bits per heavy atom. The zero-order valence-electron chi connectivity index (χ0n) is 12.3. The van der Waals surface area contributed by atoms with Crippen LogP contribution in [0.1, 0.15) is 54.1 Å². The number of carbonyl (C=O) groups is 2. The zero-order valence-corrected chi connectivity index (χ0v) is 13.1. The van der Waals surface area contributed by atoms with E-state index in [2.05, 4.69) is 10.3 Å². The number of aromatic nitrogens is 1. The molecule has 7 heteroatoms. The smallest absolute Gasteiger partial charge is 0.270 e. The first kappa shape index (κ1) is 15.9. The summed E-state index contributed by atoms with van der Waals surface area (Å²) in [4.78, 5) is 29.9. The summed E-state index contributed by atoms with van der Waals surface area (Å²) in [7, 11) is 0. The molecule has 0 radical (unpaired) electrons. The molecule has 2 heterocycles. The van der Waals surface area contributed by atoms with Crippen molar-refractivity contribution in [2.24, 2.45) is 5.73 Å². The van der Waals surface area contributed by atoms with Crippen LogP contribution in [0.5, 0.6) is 0 Å². The molecule has 2 rings (SSSR count). The molecular formula is C14H22N4O2S. The molecule has 0 bridgehead atoms. The average molecular weight is 310 g/mol. The van der Waals surface area contributed by atoms with Gasteiger partial charge in [-0.05, 0) is 26.2 Å². The van der Waals surface area contributed by atoms with Crippen molar-refractivity contribution in [2.75, 3.05) is 19.6 Å². The number of nitrogens with zero attached hydrogens (tertiary/aromatic N) is 2. The second-order valence-corrected chi connectivity index (χ2v) is 6.20. The number of rotatable bonds is 5. The van der Waals surface area contributed by atoms with Gasteiger partial charge in [-0.2, -0.15) is 0 Å². The van der Waals surface area contributed by atoms with Crippen molar-refractivity contribution in [2.45, 2.75) is 38.6 Å². The molecule has 6 nitrogen and oxygen atoms in total. The number of amides is 2. The molecule has 0 saturated carbocycles. The van der Waals surface area contributed by atoms with E-state index in [0.29, 0.717) is 18.7 Å². The van der Waals surface area contributed by atoms with Crippen LogP contribution in [0.25, 0.3) is 0 Å². The van der Waals surface area contributed by atoms with Crippen LogP contribution in [-0.2, 0) is 4.79 Å². The van der Waals surface area contributed by atoms with E-state index in [4.69, 9.17) is 5.73 Å². The molecule has 1 fully saturated rings. The van der Waals surface area contributed by atoms with Crippen molar-refractivity contribution < 1.29 is 9.59 Å². The Kier molecular flexibility index (Phi) is 5.69. The lowest BCUT2D eigenvalue weighted by molar-refractivity contribution is -0.131. The topological polar surface area (TPSA) is 88.3 Å². The monoisotopic (exact) mass is 310 g/mol. The molecule has 0 aromatic carbocycles. The normalized spacial score (nSPS) is 16.6. The summed E-state index contributed by atoms with van der Waals surface area (Å²) in [6, 6.07) is -0.169. The Balaban J connectivity index is 1.74. The molecule has 1 aliphatic heterocycles. The summed E-state index contributed by atoms with van der Waals surface area (Å²) < 4.78 is 0. The van der Waals surface area contributed by atoms with Gasteiger partial charge in [0.25, 0.3) is 5.91 Å². The second-order valence-electron chi connectivity index (χ2n) is 5.31. The van der Waals surface area contributed by atoms with Gasteiger partial charge >= 0.3 is 0 Å². The summed E-state index contributed by atoms with van der Waals surface area (Å²) in [6.07, 6.45) is 3.70. The van der Waals surface area contributed by atoms with E-state index in [-0.39, 0.29) is 17.9 Å². The quantitative estimate of drug-likeness (QED) is 0.858. The zero-order chi connectivity index (χ0) is 15.2. The molecule has 116 valence electrons. The maximum Gasteiger partial charge on any atom is 0.270 e. The van der Waals surface area contributed by atoms with E-state index in [1.165, 1.54) is 17.8 Å². The third kappa shape index (κ3) is 4.50. The van der Waals surface area contributed by atoms with Crippen LogP contribution < -0.4 is 11.1 Å². The first-order chi connectivity index (χ1) is 10.1. The third-order valence-electron chi connectivity index (χ3n) is 3.48. The molecule has 1 saturated heterocycles. The van der Waals surface area contributed by atoms with Crippen LogP contribution in [0.15, 0.2) is 5.38 Å². The van der Waals surface area contributed by atoms with Crippen LogP contribution in [0.2, 0.25) is 0 Å². The van der Waals surface area contributed by atoms with Gasteiger partial charge in [0, 0.05) is 31.4 Å². The summed E-state index contributed by atoms with van der Waals surface area (Å²) in [6.45, 7) is 3.87. The second kappa shape index (κ2) is 7.51. The van der Waals surface area contributed by atoms with E-state index in [9.17, 15) is 9.59 Å². The first-order valence-corrected chi connectivity index (χ1v) is 8.23. The minimum atomic E-state index is -0.246. The number of carbonyl (C=O) groups excluding carboxylic acids is 2. The Hall–Kier alpha value is -1.47. The first-order valence-electron chi connectivity index (χ1n) is 7.35. The number of hydrogen-bond donors (Lipinski definition) is 2. The number of piperidine rings is 1. The highest BCUT2D eigenvalue weighted by atomic mass is 32.1. The summed E-state index contributed by atoms with van der Waals surface area (Å²) >= 11 is 1.38. The molecule has 21 heavy (non-hydrogen) atoms. The average Bonchev–Trinajstić information content (AvgIpc) is 2.98. The molecule has 1 aliphatic rings. The highest BCUT2D eigenvalue weighted by molar-refractivity contribution is 7.09. The van der Waals surface area contributed by atoms with Crippen LogP contribution in [0, 0.1) is 0 Å². The molecule has 0 aliphatic carbocycles. The number of nitrogens with one attached hydrogen (secondary N) is 1. The largest absolute Gasteiger partial charge is 0.350 e. The molecule has 1 atom stereocenters. The summed E-state index contributed by atoms with van der Waals surface area (Å²) in [5.74, 6) is -0.130. The SMILES string of the molecule is CC(N)c1nc(C(=O)NCCC(=O)N2CCCCC2)cs1. The fraction of sp³-hybridized carbons (Fsp3) is 0.643. The Morgan fingerprint density at radius 2 is 2.14 bits per heavy atom. The van der Waals surface area contributed by atoms with E-state index < -0.39 is 0 Å². The molecule has 1 aromatic rings. The number of thiazole rings is 1. The van der Waals surface area contributed by atoms with Gasteiger partial charge in [0.05, 0.1) is 6.04 Å². The van der Waals surface area contributed by atoms with Gasteiger partial charge in [-0.3, -0.25) is 9.59 Å². The minimum absolute atomic E-state index is 0.115. The van der Waals surface area contributed by atoms with E-state index in [0.717, 1.165) is 30.9 Å². The predicted octanol–water partition coefficient (Wildman–Crippen LogP) is 1.30.